The fraction of sp³-hybridized carbons (Fsp3) is 0.963. The fourth-order valence-corrected chi connectivity index (χ4v) is 9.44. The lowest BCUT2D eigenvalue weighted by molar-refractivity contribution is -0.485. The van der Waals surface area contributed by atoms with Crippen LogP contribution in [0.25, 0.3) is 0 Å². The molecule has 0 bridgehead atoms. The molecular formula is C27H46N2O2. The summed E-state index contributed by atoms with van der Waals surface area (Å²) in [6, 6.07) is 0. The number of nitro groups is 1. The van der Waals surface area contributed by atoms with Crippen LogP contribution in [0.5, 0.6) is 0 Å². The normalized spacial score (nSPS) is 44.6. The van der Waals surface area contributed by atoms with Crippen molar-refractivity contribution in [2.45, 2.75) is 112 Å². The molecule has 0 aromatic heterocycles. The molecule has 4 rings (SSSR count). The van der Waals surface area contributed by atoms with Crippen LogP contribution in [0.15, 0.2) is 5.10 Å². The minimum atomic E-state index is -0.437. The van der Waals surface area contributed by atoms with E-state index in [0.717, 1.165) is 60.5 Å². The van der Waals surface area contributed by atoms with E-state index in [2.05, 4.69) is 39.7 Å². The summed E-state index contributed by atoms with van der Waals surface area (Å²) in [6.45, 7) is 12.4. The zero-order valence-electron chi connectivity index (χ0n) is 20.7. The van der Waals surface area contributed by atoms with Crippen molar-refractivity contribution in [3.05, 3.63) is 10.1 Å². The molecule has 0 heterocycles. The van der Waals surface area contributed by atoms with Crippen LogP contribution in [-0.4, -0.2) is 10.7 Å². The molecule has 31 heavy (non-hydrogen) atoms. The standard InChI is InChI=1S/C27H46N2O2/c1-18(2)8-6-9-19(3)21-13-14-22-20-11-12-24-25(28-29(30)31)10-7-16-26(24,4)23(20)15-17-27(21,22)5/h18-24H,6-17H2,1-5H3. The number of hydrogen-bond acceptors (Lipinski definition) is 2. The molecule has 0 spiro atoms. The highest BCUT2D eigenvalue weighted by Gasteiger charge is 2.61. The number of hydrazone groups is 1. The smallest absolute Gasteiger partial charge is 0.190 e. The number of rotatable bonds is 6. The summed E-state index contributed by atoms with van der Waals surface area (Å²) in [6.07, 6.45) is 15.3. The summed E-state index contributed by atoms with van der Waals surface area (Å²) in [5.74, 6) is 5.38. The third-order valence-electron chi connectivity index (χ3n) is 10.8. The Labute approximate surface area is 190 Å². The summed E-state index contributed by atoms with van der Waals surface area (Å²) in [7, 11) is 0. The van der Waals surface area contributed by atoms with Gasteiger partial charge in [-0.1, -0.05) is 53.9 Å². The van der Waals surface area contributed by atoms with E-state index in [1.807, 2.05) is 0 Å². The maximum Gasteiger partial charge on any atom is 0.190 e. The topological polar surface area (TPSA) is 55.5 Å². The largest absolute Gasteiger partial charge is 0.233 e. The third kappa shape index (κ3) is 4.10. The summed E-state index contributed by atoms with van der Waals surface area (Å²) >= 11 is 0. The Morgan fingerprint density at radius 2 is 1.74 bits per heavy atom. The first-order valence-electron chi connectivity index (χ1n) is 13.4. The third-order valence-corrected chi connectivity index (χ3v) is 10.8. The van der Waals surface area contributed by atoms with Gasteiger partial charge in [-0.25, -0.2) is 10.1 Å². The summed E-state index contributed by atoms with van der Waals surface area (Å²) in [5, 5.41) is 14.6. The Morgan fingerprint density at radius 1 is 1.00 bits per heavy atom. The van der Waals surface area contributed by atoms with Crippen LogP contribution in [0, 0.1) is 62.4 Å². The minimum absolute atomic E-state index is 0.234. The number of hydrogen-bond donors (Lipinski definition) is 0. The van der Waals surface area contributed by atoms with Crippen LogP contribution in [0.4, 0.5) is 0 Å². The molecule has 8 atom stereocenters. The van der Waals surface area contributed by atoms with E-state index in [1.54, 1.807) is 0 Å². The summed E-state index contributed by atoms with van der Waals surface area (Å²) < 4.78 is 0. The molecule has 0 saturated heterocycles. The van der Waals surface area contributed by atoms with Crippen molar-refractivity contribution in [2.24, 2.45) is 57.4 Å². The average Bonchev–Trinajstić information content (AvgIpc) is 3.04. The van der Waals surface area contributed by atoms with E-state index in [0.29, 0.717) is 11.3 Å². The molecular weight excluding hydrogens is 384 g/mol. The van der Waals surface area contributed by atoms with Gasteiger partial charge in [0.1, 0.15) is 0 Å². The van der Waals surface area contributed by atoms with Gasteiger partial charge < -0.3 is 0 Å². The number of fused-ring (bicyclic) bond motifs is 5. The highest BCUT2D eigenvalue weighted by Crippen LogP contribution is 2.68. The minimum Gasteiger partial charge on any atom is -0.233 e. The van der Waals surface area contributed by atoms with Gasteiger partial charge in [0, 0.05) is 5.92 Å². The molecule has 0 aromatic carbocycles. The second-order valence-electron chi connectivity index (χ2n) is 12.7. The predicted molar refractivity (Wildman–Crippen MR) is 127 cm³/mol. The van der Waals surface area contributed by atoms with Crippen LogP contribution in [0.3, 0.4) is 0 Å². The van der Waals surface area contributed by atoms with Gasteiger partial charge in [0.15, 0.2) is 5.03 Å². The van der Waals surface area contributed by atoms with Gasteiger partial charge in [-0.15, -0.1) is 0 Å². The lowest BCUT2D eigenvalue weighted by Gasteiger charge is -2.60. The molecule has 4 aliphatic carbocycles. The molecule has 0 aromatic rings. The fourth-order valence-electron chi connectivity index (χ4n) is 9.44. The molecule has 4 heteroatoms. The van der Waals surface area contributed by atoms with E-state index in [1.165, 1.54) is 57.8 Å². The van der Waals surface area contributed by atoms with Crippen molar-refractivity contribution in [3.63, 3.8) is 0 Å². The second-order valence-corrected chi connectivity index (χ2v) is 12.7. The van der Waals surface area contributed by atoms with Gasteiger partial charge in [0.05, 0.1) is 10.8 Å². The average molecular weight is 431 g/mol. The summed E-state index contributed by atoms with van der Waals surface area (Å²) in [4.78, 5) is 11.2. The lowest BCUT2D eigenvalue weighted by atomic mass is 9.44. The van der Waals surface area contributed by atoms with Gasteiger partial charge >= 0.3 is 0 Å². The monoisotopic (exact) mass is 430 g/mol. The Bertz CT molecular complexity index is 703. The highest BCUT2D eigenvalue weighted by molar-refractivity contribution is 5.87. The van der Waals surface area contributed by atoms with Gasteiger partial charge in [0.25, 0.3) is 0 Å². The van der Waals surface area contributed by atoms with Gasteiger partial charge in [0.2, 0.25) is 0 Å². The molecule has 0 aliphatic heterocycles. The van der Waals surface area contributed by atoms with Crippen molar-refractivity contribution in [1.29, 1.82) is 0 Å². The van der Waals surface area contributed by atoms with Crippen LogP contribution in [0.2, 0.25) is 0 Å². The molecule has 4 nitrogen and oxygen atoms in total. The van der Waals surface area contributed by atoms with Gasteiger partial charge in [-0.3, -0.25) is 0 Å². The van der Waals surface area contributed by atoms with E-state index in [9.17, 15) is 10.1 Å². The zero-order chi connectivity index (χ0) is 22.4. The van der Waals surface area contributed by atoms with Crippen LogP contribution < -0.4 is 0 Å². The van der Waals surface area contributed by atoms with Crippen molar-refractivity contribution < 1.29 is 5.03 Å². The molecule has 0 N–H and O–H groups in total. The Kier molecular flexibility index (Phi) is 6.58. The highest BCUT2D eigenvalue weighted by atomic mass is 16.7. The van der Waals surface area contributed by atoms with Crippen molar-refractivity contribution in [2.75, 3.05) is 0 Å². The van der Waals surface area contributed by atoms with Crippen molar-refractivity contribution in [1.82, 2.24) is 0 Å². The molecule has 176 valence electrons. The van der Waals surface area contributed by atoms with E-state index < -0.39 is 5.03 Å². The van der Waals surface area contributed by atoms with Crippen LogP contribution >= 0.6 is 0 Å². The second kappa shape index (κ2) is 8.78. The van der Waals surface area contributed by atoms with Crippen molar-refractivity contribution >= 4 is 5.71 Å². The van der Waals surface area contributed by atoms with Crippen molar-refractivity contribution in [3.8, 4) is 0 Å². The molecule has 8 unspecified atom stereocenters. The molecule has 4 saturated carbocycles. The first kappa shape index (κ1) is 23.2. The lowest BCUT2D eigenvalue weighted by Crippen LogP contribution is -2.55. The summed E-state index contributed by atoms with van der Waals surface area (Å²) in [5.41, 5.74) is 1.67. The quantitative estimate of drug-likeness (QED) is 0.319. The molecule has 4 aliphatic rings. The van der Waals surface area contributed by atoms with Gasteiger partial charge in [-0.2, -0.15) is 0 Å². The maximum atomic E-state index is 11.2. The van der Waals surface area contributed by atoms with E-state index in [4.69, 9.17) is 0 Å². The molecule has 0 radical (unpaired) electrons. The SMILES string of the molecule is CC(C)CCCC(C)C1CCC2C3CCC4C(=N[N+](=O)[O-])CCCC4(C)C3CCC12C. The first-order chi connectivity index (χ1) is 14.7. The maximum absolute atomic E-state index is 11.2. The Balaban J connectivity index is 1.50. The first-order valence-corrected chi connectivity index (χ1v) is 13.4. The molecule has 4 fully saturated rings. The predicted octanol–water partition coefficient (Wildman–Crippen LogP) is 7.74. The zero-order valence-corrected chi connectivity index (χ0v) is 20.7. The van der Waals surface area contributed by atoms with Crippen LogP contribution in [0.1, 0.15) is 112 Å². The number of nitrogens with zero attached hydrogens (tertiary/aromatic N) is 2. The van der Waals surface area contributed by atoms with Gasteiger partial charge in [-0.05, 0) is 104 Å². The van der Waals surface area contributed by atoms with Crippen LogP contribution in [-0.2, 0) is 0 Å². The van der Waals surface area contributed by atoms with E-state index >= 15 is 0 Å². The van der Waals surface area contributed by atoms with E-state index in [-0.39, 0.29) is 5.41 Å². The Hall–Kier alpha value is -0.930. The molecule has 0 amide bonds. The Morgan fingerprint density at radius 3 is 2.45 bits per heavy atom.